The van der Waals surface area contributed by atoms with Crippen LogP contribution in [0, 0.1) is 17.2 Å². The number of nitriles is 1. The first-order valence-corrected chi connectivity index (χ1v) is 3.19. The van der Waals surface area contributed by atoms with E-state index in [4.69, 9.17) is 5.26 Å². The second-order valence-corrected chi connectivity index (χ2v) is 2.37. The van der Waals surface area contributed by atoms with Crippen LogP contribution in [0.4, 0.5) is 8.78 Å². The highest BCUT2D eigenvalue weighted by Crippen LogP contribution is 2.28. The van der Waals surface area contributed by atoms with Crippen LogP contribution < -0.4 is 5.32 Å². The van der Waals surface area contributed by atoms with E-state index in [0.29, 0.717) is 19.4 Å². The van der Waals surface area contributed by atoms with E-state index >= 15 is 0 Å². The average Bonchev–Trinajstić information content (AvgIpc) is 1.87. The monoisotopic (exact) mass is 146 g/mol. The van der Waals surface area contributed by atoms with Gasteiger partial charge in [0, 0.05) is 6.54 Å². The Hall–Kier alpha value is -0.690. The molecule has 1 rings (SSSR count). The zero-order valence-corrected chi connectivity index (χ0v) is 5.40. The number of nitrogens with one attached hydrogen (secondary N) is 1. The van der Waals surface area contributed by atoms with E-state index in [1.54, 1.807) is 6.07 Å². The zero-order chi connectivity index (χ0) is 7.61. The number of nitrogens with zero attached hydrogens (tertiary/aromatic N) is 1. The largest absolute Gasteiger partial charge is 0.318 e. The lowest BCUT2D eigenvalue weighted by Gasteiger charge is -2.27. The normalized spacial score (nSPS) is 31.1. The quantitative estimate of drug-likeness (QED) is 0.519. The molecule has 1 heterocycles. The first-order valence-electron chi connectivity index (χ1n) is 3.19. The topological polar surface area (TPSA) is 35.8 Å². The minimum Gasteiger partial charge on any atom is -0.257 e. The Morgan fingerprint density at radius 2 is 2.30 bits per heavy atom. The third-order valence-electron chi connectivity index (χ3n) is 1.62. The molecule has 0 aromatic rings. The molecule has 0 bridgehead atoms. The van der Waals surface area contributed by atoms with E-state index in [2.05, 4.69) is 0 Å². The van der Waals surface area contributed by atoms with Crippen LogP contribution in [0.5, 0.6) is 0 Å². The lowest BCUT2D eigenvalue weighted by molar-refractivity contribution is -0.0866. The molecule has 1 atom stereocenters. The fraction of sp³-hybridized carbons (Fsp3) is 0.833. The molecule has 1 aliphatic heterocycles. The number of halogens is 2. The molecule has 0 spiro atoms. The van der Waals surface area contributed by atoms with Crippen LogP contribution in [-0.2, 0) is 0 Å². The number of rotatable bonds is 0. The van der Waals surface area contributed by atoms with Crippen molar-refractivity contribution in [2.75, 3.05) is 6.54 Å². The van der Waals surface area contributed by atoms with Crippen molar-refractivity contribution in [2.45, 2.75) is 18.9 Å². The van der Waals surface area contributed by atoms with Crippen molar-refractivity contribution in [1.29, 1.82) is 5.26 Å². The molecule has 0 aromatic heterocycles. The molecule has 1 aliphatic rings. The van der Waals surface area contributed by atoms with Gasteiger partial charge in [0.1, 0.15) is 5.92 Å². The molecule has 10 heavy (non-hydrogen) atoms. The highest BCUT2D eigenvalue weighted by Gasteiger charge is 2.41. The molecule has 1 fully saturated rings. The van der Waals surface area contributed by atoms with Crippen molar-refractivity contribution < 1.29 is 8.78 Å². The zero-order valence-electron chi connectivity index (χ0n) is 5.40. The molecule has 1 unspecified atom stereocenters. The van der Waals surface area contributed by atoms with Gasteiger partial charge >= 0.3 is 6.05 Å². The van der Waals surface area contributed by atoms with E-state index in [-0.39, 0.29) is 0 Å². The van der Waals surface area contributed by atoms with Gasteiger partial charge in [0.25, 0.3) is 0 Å². The summed E-state index contributed by atoms with van der Waals surface area (Å²) in [5, 5.41) is 10.3. The van der Waals surface area contributed by atoms with Crippen molar-refractivity contribution in [2.24, 2.45) is 5.92 Å². The standard InChI is InChI=1S/C6H8F2N2/c7-6(8)5(4-9)2-1-3-10-6/h5,10H,1-3H2. The molecule has 56 valence electrons. The molecular weight excluding hydrogens is 138 g/mol. The third kappa shape index (κ3) is 1.24. The Morgan fingerprint density at radius 3 is 2.70 bits per heavy atom. The second-order valence-electron chi connectivity index (χ2n) is 2.37. The lowest BCUT2D eigenvalue weighted by Crippen LogP contribution is -2.47. The summed E-state index contributed by atoms with van der Waals surface area (Å²) in [7, 11) is 0. The van der Waals surface area contributed by atoms with Gasteiger partial charge in [0.05, 0.1) is 6.07 Å². The number of hydrogen-bond donors (Lipinski definition) is 1. The Bertz CT molecular complexity index is 162. The maximum atomic E-state index is 12.5. The second kappa shape index (κ2) is 2.51. The summed E-state index contributed by atoms with van der Waals surface area (Å²) in [5.41, 5.74) is 0. The average molecular weight is 146 g/mol. The van der Waals surface area contributed by atoms with Crippen molar-refractivity contribution >= 4 is 0 Å². The van der Waals surface area contributed by atoms with Gasteiger partial charge in [-0.2, -0.15) is 14.0 Å². The minimum atomic E-state index is -2.97. The van der Waals surface area contributed by atoms with Gasteiger partial charge in [-0.1, -0.05) is 0 Å². The van der Waals surface area contributed by atoms with E-state index < -0.39 is 12.0 Å². The fourth-order valence-corrected chi connectivity index (χ4v) is 1.01. The number of hydrogen-bond acceptors (Lipinski definition) is 2. The molecule has 1 N–H and O–H groups in total. The van der Waals surface area contributed by atoms with Crippen LogP contribution in [0.15, 0.2) is 0 Å². The van der Waals surface area contributed by atoms with Crippen molar-refractivity contribution in [3.05, 3.63) is 0 Å². The number of piperidine rings is 1. The van der Waals surface area contributed by atoms with Crippen LogP contribution in [0.25, 0.3) is 0 Å². The summed E-state index contributed by atoms with van der Waals surface area (Å²) < 4.78 is 25.1. The summed E-state index contributed by atoms with van der Waals surface area (Å²) in [6, 6.07) is -1.38. The lowest BCUT2D eigenvalue weighted by atomic mass is 9.99. The molecule has 0 aliphatic carbocycles. The van der Waals surface area contributed by atoms with Crippen molar-refractivity contribution in [3.8, 4) is 6.07 Å². The molecule has 2 nitrogen and oxygen atoms in total. The summed E-state index contributed by atoms with van der Waals surface area (Å²) in [6.07, 6.45) is 0.963. The van der Waals surface area contributed by atoms with Crippen LogP contribution >= 0.6 is 0 Å². The third-order valence-corrected chi connectivity index (χ3v) is 1.62. The summed E-state index contributed by atoms with van der Waals surface area (Å²) in [6.45, 7) is 0.311. The van der Waals surface area contributed by atoms with Crippen molar-refractivity contribution in [1.82, 2.24) is 5.32 Å². The first-order chi connectivity index (χ1) is 4.67. The van der Waals surface area contributed by atoms with Crippen molar-refractivity contribution in [3.63, 3.8) is 0 Å². The van der Waals surface area contributed by atoms with E-state index in [0.717, 1.165) is 0 Å². The summed E-state index contributed by atoms with van der Waals surface area (Å²) >= 11 is 0. The Balaban J connectivity index is 2.62. The van der Waals surface area contributed by atoms with Gasteiger partial charge in [-0.25, -0.2) is 0 Å². The highest BCUT2D eigenvalue weighted by molar-refractivity contribution is 4.94. The first kappa shape index (κ1) is 7.42. The Morgan fingerprint density at radius 1 is 1.60 bits per heavy atom. The fourth-order valence-electron chi connectivity index (χ4n) is 1.01. The van der Waals surface area contributed by atoms with Crippen LogP contribution in [-0.4, -0.2) is 12.6 Å². The van der Waals surface area contributed by atoms with E-state index in [1.807, 2.05) is 5.32 Å². The van der Waals surface area contributed by atoms with E-state index in [1.165, 1.54) is 0 Å². The molecule has 1 saturated heterocycles. The van der Waals surface area contributed by atoms with Gasteiger partial charge < -0.3 is 0 Å². The minimum absolute atomic E-state index is 0.302. The molecule has 0 radical (unpaired) electrons. The maximum absolute atomic E-state index is 12.5. The molecule has 0 aromatic carbocycles. The van der Waals surface area contributed by atoms with Crippen LogP contribution in [0.3, 0.4) is 0 Å². The van der Waals surface area contributed by atoms with Gasteiger partial charge in [-0.3, -0.25) is 5.32 Å². The Kier molecular flexibility index (Phi) is 1.86. The summed E-state index contributed by atoms with van der Waals surface area (Å²) in [5.74, 6) is -1.14. The van der Waals surface area contributed by atoms with E-state index in [9.17, 15) is 8.78 Å². The van der Waals surface area contributed by atoms with Crippen LogP contribution in [0.2, 0.25) is 0 Å². The van der Waals surface area contributed by atoms with Gasteiger partial charge in [0.2, 0.25) is 0 Å². The van der Waals surface area contributed by atoms with Gasteiger partial charge in [0.15, 0.2) is 0 Å². The summed E-state index contributed by atoms with van der Waals surface area (Å²) in [4.78, 5) is 0. The molecular formula is C6H8F2N2. The smallest absolute Gasteiger partial charge is 0.257 e. The van der Waals surface area contributed by atoms with Crippen LogP contribution in [0.1, 0.15) is 12.8 Å². The van der Waals surface area contributed by atoms with Gasteiger partial charge in [-0.05, 0) is 12.8 Å². The SMILES string of the molecule is N#CC1CCCNC1(F)F. The van der Waals surface area contributed by atoms with Gasteiger partial charge in [-0.15, -0.1) is 0 Å². The maximum Gasteiger partial charge on any atom is 0.318 e. The molecule has 0 amide bonds. The number of alkyl halides is 2. The predicted molar refractivity (Wildman–Crippen MR) is 31.3 cm³/mol. The highest BCUT2D eigenvalue weighted by atomic mass is 19.3. The predicted octanol–water partition coefficient (Wildman–Crippen LogP) is 1.10. The Labute approximate surface area is 57.8 Å². The molecule has 4 heteroatoms. The molecule has 0 saturated carbocycles.